The van der Waals surface area contributed by atoms with Crippen LogP contribution < -0.4 is 16.6 Å². The van der Waals surface area contributed by atoms with Crippen molar-refractivity contribution in [2.24, 2.45) is 14.1 Å². The number of amides is 1. The highest BCUT2D eigenvalue weighted by Crippen LogP contribution is 2.29. The van der Waals surface area contributed by atoms with E-state index in [9.17, 15) is 14.4 Å². The summed E-state index contributed by atoms with van der Waals surface area (Å²) in [5, 5.41) is 3.85. The minimum Gasteiger partial charge on any atom is -0.339 e. The molecule has 2 aromatic rings. The summed E-state index contributed by atoms with van der Waals surface area (Å²) in [7, 11) is 4.81. The lowest BCUT2D eigenvalue weighted by Gasteiger charge is -2.35. The summed E-state index contributed by atoms with van der Waals surface area (Å²) in [6.45, 7) is 0. The normalized spacial score (nSPS) is 23.0. The van der Waals surface area contributed by atoms with Gasteiger partial charge in [-0.25, -0.2) is 9.78 Å². The molecule has 0 aromatic carbocycles. The number of aryl methyl sites for hydroxylation is 1. The highest BCUT2D eigenvalue weighted by molar-refractivity contribution is 5.96. The van der Waals surface area contributed by atoms with E-state index in [-0.39, 0.29) is 47.8 Å². The number of aromatic nitrogens is 3. The number of nitrogens with one attached hydrogen (secondary N) is 1. The van der Waals surface area contributed by atoms with Crippen LogP contribution in [0.4, 0.5) is 0 Å². The maximum Gasteiger partial charge on any atom is 0.332 e. The fraction of sp³-hybridized carbons (Fsp3) is 0.556. The summed E-state index contributed by atoms with van der Waals surface area (Å²) in [4.78, 5) is 43.4. The molecule has 154 valence electrons. The molecule has 2 fully saturated rings. The highest BCUT2D eigenvalue weighted by atomic mass is 35.5. The molecule has 2 unspecified atom stereocenters. The molecule has 2 aliphatic rings. The van der Waals surface area contributed by atoms with Crippen LogP contribution in [-0.2, 0) is 14.1 Å². The SMILES string of the molecule is CN(C(=O)c1cnc2c(c1)c(=O)n(C)c(=O)n2C)C1CC2CCC(C1)N2.Cl.Cl. The lowest BCUT2D eigenvalue weighted by molar-refractivity contribution is 0.0681. The van der Waals surface area contributed by atoms with Gasteiger partial charge in [-0.05, 0) is 31.7 Å². The zero-order valence-corrected chi connectivity index (χ0v) is 17.7. The van der Waals surface area contributed by atoms with Gasteiger partial charge in [-0.3, -0.25) is 18.7 Å². The Morgan fingerprint density at radius 2 is 1.75 bits per heavy atom. The van der Waals surface area contributed by atoms with Gasteiger partial charge in [0, 0.05) is 45.5 Å². The van der Waals surface area contributed by atoms with Crippen molar-refractivity contribution >= 4 is 41.8 Å². The van der Waals surface area contributed by atoms with Gasteiger partial charge in [0.05, 0.1) is 10.9 Å². The number of halogens is 2. The van der Waals surface area contributed by atoms with E-state index in [2.05, 4.69) is 10.3 Å². The van der Waals surface area contributed by atoms with E-state index in [0.29, 0.717) is 17.6 Å². The van der Waals surface area contributed by atoms with Crippen molar-refractivity contribution in [1.29, 1.82) is 0 Å². The Labute approximate surface area is 174 Å². The molecule has 2 aliphatic heterocycles. The summed E-state index contributed by atoms with van der Waals surface area (Å²) >= 11 is 0. The Morgan fingerprint density at radius 1 is 1.14 bits per heavy atom. The van der Waals surface area contributed by atoms with Crippen LogP contribution in [0.2, 0.25) is 0 Å². The van der Waals surface area contributed by atoms with Gasteiger partial charge < -0.3 is 10.2 Å². The first-order valence-electron chi connectivity index (χ1n) is 8.95. The van der Waals surface area contributed by atoms with Gasteiger partial charge in [0.15, 0.2) is 0 Å². The molecule has 0 aliphatic carbocycles. The van der Waals surface area contributed by atoms with Crippen LogP contribution in [0.25, 0.3) is 11.0 Å². The number of piperidine rings is 1. The standard InChI is InChI=1S/C18H23N5O3.2ClH/c1-21(13-7-11-4-5-12(8-13)20-11)16(24)10-6-14-15(19-9-10)22(2)18(26)23(3)17(14)25;;/h6,9,11-13,20H,4-5,7-8H2,1-3H3;2*1H. The number of rotatable bonds is 2. The number of nitrogens with zero attached hydrogens (tertiary/aromatic N) is 4. The van der Waals surface area contributed by atoms with Gasteiger partial charge in [-0.15, -0.1) is 24.8 Å². The van der Waals surface area contributed by atoms with Gasteiger partial charge in [0.25, 0.3) is 11.5 Å². The number of hydrogen-bond acceptors (Lipinski definition) is 5. The van der Waals surface area contributed by atoms with Crippen LogP contribution >= 0.6 is 24.8 Å². The highest BCUT2D eigenvalue weighted by Gasteiger charge is 2.36. The molecule has 1 amide bonds. The topological polar surface area (TPSA) is 89.2 Å². The van der Waals surface area contributed by atoms with Crippen LogP contribution in [0, 0.1) is 0 Å². The summed E-state index contributed by atoms with van der Waals surface area (Å²) < 4.78 is 2.35. The molecule has 2 atom stereocenters. The number of fused-ring (bicyclic) bond motifs is 3. The third-order valence-corrected chi connectivity index (χ3v) is 5.86. The van der Waals surface area contributed by atoms with Crippen LogP contribution in [-0.4, -0.2) is 50.1 Å². The van der Waals surface area contributed by atoms with Crippen molar-refractivity contribution in [2.45, 2.75) is 43.8 Å². The minimum atomic E-state index is -0.437. The third kappa shape index (κ3) is 3.56. The molecule has 2 aromatic heterocycles. The maximum atomic E-state index is 13.0. The van der Waals surface area contributed by atoms with Crippen molar-refractivity contribution in [3.63, 3.8) is 0 Å². The number of carbonyl (C=O) groups excluding carboxylic acids is 1. The first-order valence-corrected chi connectivity index (χ1v) is 8.95. The maximum absolute atomic E-state index is 13.0. The Kier molecular flexibility index (Phi) is 6.58. The van der Waals surface area contributed by atoms with Gasteiger partial charge >= 0.3 is 5.69 Å². The molecular weight excluding hydrogens is 405 g/mol. The monoisotopic (exact) mass is 429 g/mol. The largest absolute Gasteiger partial charge is 0.339 e. The van der Waals surface area contributed by atoms with Crippen LogP contribution in [0.3, 0.4) is 0 Å². The lowest BCUT2D eigenvalue weighted by atomic mass is 9.98. The molecule has 4 heterocycles. The molecule has 0 radical (unpaired) electrons. The number of hydrogen-bond donors (Lipinski definition) is 1. The summed E-state index contributed by atoms with van der Waals surface area (Å²) in [5.74, 6) is -0.137. The Balaban J connectivity index is 0.00000140. The van der Waals surface area contributed by atoms with E-state index >= 15 is 0 Å². The second kappa shape index (κ2) is 8.23. The first-order chi connectivity index (χ1) is 12.4. The first kappa shape index (κ1) is 22.4. The third-order valence-electron chi connectivity index (χ3n) is 5.86. The van der Waals surface area contributed by atoms with Crippen LogP contribution in [0.5, 0.6) is 0 Å². The van der Waals surface area contributed by atoms with Crippen molar-refractivity contribution in [2.75, 3.05) is 7.05 Å². The quantitative estimate of drug-likeness (QED) is 0.763. The second-order valence-electron chi connectivity index (χ2n) is 7.48. The van der Waals surface area contributed by atoms with Crippen molar-refractivity contribution in [1.82, 2.24) is 24.3 Å². The predicted molar refractivity (Wildman–Crippen MR) is 112 cm³/mol. The average molecular weight is 430 g/mol. The van der Waals surface area contributed by atoms with Crippen LogP contribution in [0.15, 0.2) is 21.9 Å². The average Bonchev–Trinajstić information content (AvgIpc) is 3.00. The Hall–Kier alpha value is -1.90. The zero-order chi connectivity index (χ0) is 18.6. The van der Waals surface area contributed by atoms with Gasteiger partial charge in [0.2, 0.25) is 0 Å². The molecule has 8 nitrogen and oxygen atoms in total. The smallest absolute Gasteiger partial charge is 0.332 e. The predicted octanol–water partition coefficient (Wildman–Crippen LogP) is 0.831. The lowest BCUT2D eigenvalue weighted by Crippen LogP contribution is -2.48. The van der Waals surface area contributed by atoms with E-state index in [4.69, 9.17) is 0 Å². The summed E-state index contributed by atoms with van der Waals surface area (Å²) in [6, 6.07) is 2.73. The number of pyridine rings is 1. The second-order valence-corrected chi connectivity index (χ2v) is 7.48. The fourth-order valence-corrected chi connectivity index (χ4v) is 4.30. The molecule has 10 heteroatoms. The molecule has 0 saturated carbocycles. The Bertz CT molecular complexity index is 1010. The molecule has 28 heavy (non-hydrogen) atoms. The molecule has 2 bridgehead atoms. The van der Waals surface area contributed by atoms with E-state index in [0.717, 1.165) is 17.4 Å². The summed E-state index contributed by atoms with van der Waals surface area (Å²) in [6.07, 6.45) is 5.71. The zero-order valence-electron chi connectivity index (χ0n) is 16.0. The van der Waals surface area contributed by atoms with E-state index < -0.39 is 11.2 Å². The van der Waals surface area contributed by atoms with E-state index in [1.165, 1.54) is 30.7 Å². The molecule has 0 spiro atoms. The minimum absolute atomic E-state index is 0. The molecule has 1 N–H and O–H groups in total. The number of carbonyl (C=O) groups is 1. The van der Waals surface area contributed by atoms with Gasteiger partial charge in [-0.1, -0.05) is 0 Å². The molecule has 2 saturated heterocycles. The Morgan fingerprint density at radius 3 is 2.36 bits per heavy atom. The van der Waals surface area contributed by atoms with E-state index in [1.54, 1.807) is 18.0 Å². The molecule has 4 rings (SSSR count). The van der Waals surface area contributed by atoms with Crippen molar-refractivity contribution in [3.8, 4) is 0 Å². The van der Waals surface area contributed by atoms with Crippen molar-refractivity contribution < 1.29 is 4.79 Å². The molecular formula is C18H25Cl2N5O3. The fourth-order valence-electron chi connectivity index (χ4n) is 4.30. The van der Waals surface area contributed by atoms with E-state index in [1.807, 2.05) is 7.05 Å². The van der Waals surface area contributed by atoms with Gasteiger partial charge in [0.1, 0.15) is 5.65 Å². The van der Waals surface area contributed by atoms with Crippen molar-refractivity contribution in [3.05, 3.63) is 38.7 Å². The van der Waals surface area contributed by atoms with Gasteiger partial charge in [-0.2, -0.15) is 0 Å². The van der Waals surface area contributed by atoms with Crippen LogP contribution in [0.1, 0.15) is 36.0 Å². The summed E-state index contributed by atoms with van der Waals surface area (Å²) in [5.41, 5.74) is -0.206.